The Morgan fingerprint density at radius 2 is 1.68 bits per heavy atom. The molecule has 3 N–H and O–H groups in total. The molecule has 0 aromatic heterocycles. The molecule has 9 atom stereocenters. The Morgan fingerprint density at radius 3 is 2.17 bits per heavy atom. The highest BCUT2D eigenvalue weighted by molar-refractivity contribution is 5.95. The molecule has 4 rings (SSSR count). The third-order valence-corrected chi connectivity index (χ3v) is 9.95. The van der Waals surface area contributed by atoms with E-state index in [0.29, 0.717) is 5.57 Å². The van der Waals surface area contributed by atoms with Gasteiger partial charge in [0.1, 0.15) is 17.8 Å². The highest BCUT2D eigenvalue weighted by Gasteiger charge is 2.78. The summed E-state index contributed by atoms with van der Waals surface area (Å²) in [5.41, 5.74) is -6.22. The van der Waals surface area contributed by atoms with E-state index in [1.54, 1.807) is 27.7 Å². The van der Waals surface area contributed by atoms with E-state index in [9.17, 15) is 34.5 Å². The Kier molecular flexibility index (Phi) is 7.40. The quantitative estimate of drug-likeness (QED) is 0.195. The molecule has 0 aromatic rings. The number of hydrogen-bond donors (Lipinski definition) is 3. The molecule has 222 valence electrons. The topological polar surface area (TPSA) is 166 Å². The van der Waals surface area contributed by atoms with Crippen LogP contribution in [0.3, 0.4) is 0 Å². The summed E-state index contributed by atoms with van der Waals surface area (Å²) in [5, 5.41) is 35.5. The Hall–Kier alpha value is -2.60. The van der Waals surface area contributed by atoms with Gasteiger partial charge in [-0.2, -0.15) is 0 Å². The molecule has 1 heterocycles. The van der Waals surface area contributed by atoms with Crippen LogP contribution in [0.4, 0.5) is 0 Å². The Balaban J connectivity index is 2.12. The average Bonchev–Trinajstić information content (AvgIpc) is 2.85. The zero-order valence-corrected chi connectivity index (χ0v) is 24.3. The fourth-order valence-corrected chi connectivity index (χ4v) is 7.47. The summed E-state index contributed by atoms with van der Waals surface area (Å²) in [6.45, 7) is 11.6. The van der Waals surface area contributed by atoms with Crippen molar-refractivity contribution < 1.29 is 53.4 Å². The zero-order chi connectivity index (χ0) is 30.2. The number of aliphatic hydroxyl groups is 3. The molecule has 3 fully saturated rings. The first-order valence-electron chi connectivity index (χ1n) is 13.6. The van der Waals surface area contributed by atoms with Gasteiger partial charge in [-0.3, -0.25) is 14.4 Å². The molecule has 0 amide bonds. The van der Waals surface area contributed by atoms with Crippen molar-refractivity contribution in [3.8, 4) is 0 Å². The molecule has 0 aromatic carbocycles. The van der Waals surface area contributed by atoms with E-state index in [2.05, 4.69) is 0 Å². The lowest BCUT2D eigenvalue weighted by Crippen LogP contribution is -2.81. The fraction of sp³-hybridized carbons (Fsp3) is 0.724. The predicted octanol–water partition coefficient (Wildman–Crippen LogP) is 1.30. The summed E-state index contributed by atoms with van der Waals surface area (Å²) in [6, 6.07) is 0. The minimum Gasteiger partial charge on any atom is -0.455 e. The maximum atomic E-state index is 14.7. The second-order valence-electron chi connectivity index (χ2n) is 12.4. The normalized spacial score (nSPS) is 42.4. The Morgan fingerprint density at radius 1 is 1.05 bits per heavy atom. The van der Waals surface area contributed by atoms with Crippen molar-refractivity contribution in [3.63, 3.8) is 0 Å². The molecule has 11 nitrogen and oxygen atoms in total. The molecule has 2 saturated carbocycles. The van der Waals surface area contributed by atoms with E-state index >= 15 is 0 Å². The van der Waals surface area contributed by atoms with E-state index in [1.165, 1.54) is 26.8 Å². The lowest BCUT2D eigenvalue weighted by Gasteiger charge is -2.67. The van der Waals surface area contributed by atoms with Crippen LogP contribution in [0.15, 0.2) is 22.8 Å². The van der Waals surface area contributed by atoms with Crippen LogP contribution in [-0.4, -0.2) is 87.3 Å². The first-order chi connectivity index (χ1) is 18.4. The van der Waals surface area contributed by atoms with Crippen LogP contribution in [0.2, 0.25) is 0 Å². The van der Waals surface area contributed by atoms with Gasteiger partial charge in [0.25, 0.3) is 0 Å². The first-order valence-corrected chi connectivity index (χ1v) is 13.6. The Labute approximate surface area is 233 Å². The van der Waals surface area contributed by atoms with E-state index in [0.717, 1.165) is 6.92 Å². The molecular formula is C29H40O11. The molecule has 2 bridgehead atoms. The number of carbonyl (C=O) groups excluding carboxylic acids is 4. The van der Waals surface area contributed by atoms with E-state index in [-0.39, 0.29) is 30.6 Å². The Bertz CT molecular complexity index is 1200. The number of carbonyl (C=O) groups is 4. The highest BCUT2D eigenvalue weighted by Crippen LogP contribution is 2.64. The van der Waals surface area contributed by atoms with Gasteiger partial charge in [0.15, 0.2) is 17.5 Å². The van der Waals surface area contributed by atoms with Crippen molar-refractivity contribution in [2.24, 2.45) is 16.7 Å². The second-order valence-corrected chi connectivity index (χ2v) is 12.4. The molecule has 3 aliphatic carbocycles. The highest BCUT2D eigenvalue weighted by atomic mass is 16.6. The molecule has 40 heavy (non-hydrogen) atoms. The van der Waals surface area contributed by atoms with Crippen LogP contribution in [0.1, 0.15) is 68.2 Å². The molecule has 1 unspecified atom stereocenters. The van der Waals surface area contributed by atoms with Gasteiger partial charge in [0, 0.05) is 37.7 Å². The summed E-state index contributed by atoms with van der Waals surface area (Å²) in [4.78, 5) is 52.9. The van der Waals surface area contributed by atoms with Gasteiger partial charge in [-0.05, 0) is 38.8 Å². The number of esters is 3. The molecule has 0 radical (unpaired) electrons. The summed E-state index contributed by atoms with van der Waals surface area (Å²) >= 11 is 0. The van der Waals surface area contributed by atoms with Gasteiger partial charge in [-0.1, -0.05) is 19.9 Å². The smallest absolute Gasteiger partial charge is 0.333 e. The predicted molar refractivity (Wildman–Crippen MR) is 138 cm³/mol. The van der Waals surface area contributed by atoms with Gasteiger partial charge in [-0.15, -0.1) is 0 Å². The van der Waals surface area contributed by atoms with Crippen molar-refractivity contribution >= 4 is 23.7 Å². The number of ketones is 1. The van der Waals surface area contributed by atoms with Crippen LogP contribution < -0.4 is 0 Å². The maximum absolute atomic E-state index is 14.7. The molecule has 1 saturated heterocycles. The van der Waals surface area contributed by atoms with E-state index < -0.39 is 82.2 Å². The van der Waals surface area contributed by atoms with Gasteiger partial charge in [0.05, 0.1) is 30.1 Å². The van der Waals surface area contributed by atoms with Crippen molar-refractivity contribution in [3.05, 3.63) is 22.8 Å². The maximum Gasteiger partial charge on any atom is 0.333 e. The van der Waals surface area contributed by atoms with Crippen LogP contribution in [0.5, 0.6) is 0 Å². The molecular weight excluding hydrogens is 524 g/mol. The molecule has 0 spiro atoms. The van der Waals surface area contributed by atoms with Gasteiger partial charge in [-0.25, -0.2) is 4.79 Å². The third-order valence-electron chi connectivity index (χ3n) is 9.95. The minimum absolute atomic E-state index is 0.101. The number of rotatable bonds is 4. The van der Waals surface area contributed by atoms with Crippen molar-refractivity contribution in [2.75, 3.05) is 6.61 Å². The third kappa shape index (κ3) is 4.00. The van der Waals surface area contributed by atoms with Gasteiger partial charge in [0.2, 0.25) is 0 Å². The molecule has 4 aliphatic rings. The molecule has 11 heteroatoms. The first kappa shape index (κ1) is 30.4. The SMILES string of the molecule is C/C=C(\C)C(=O)O[C@H]1[C@@H]2[C@]3(OC(C)=O)CO[C@@H]3C[C@H](O)[C@@]2(C)C(=O)[C@H](OC(C)=O)C2=C(C)[C@@H](O)CC1(O)C2(C)C. The number of hydrogen-bond acceptors (Lipinski definition) is 11. The van der Waals surface area contributed by atoms with Crippen LogP contribution in [0, 0.1) is 16.7 Å². The monoisotopic (exact) mass is 564 g/mol. The van der Waals surface area contributed by atoms with E-state index in [4.69, 9.17) is 18.9 Å². The largest absolute Gasteiger partial charge is 0.455 e. The van der Waals surface area contributed by atoms with Crippen LogP contribution >= 0.6 is 0 Å². The summed E-state index contributed by atoms with van der Waals surface area (Å²) in [7, 11) is 0. The van der Waals surface area contributed by atoms with Crippen LogP contribution in [0.25, 0.3) is 0 Å². The number of ether oxygens (including phenoxy) is 4. The average molecular weight is 565 g/mol. The number of Topliss-reactive ketones (excluding diaryl/α,β-unsaturated/α-hetero) is 1. The number of fused-ring (bicyclic) bond motifs is 5. The standard InChI is InChI=1S/C29H40O11/c1-9-13(2)25(35)39-24-22-27(8,18(33)10-19-28(22,12-37-19)40-16(5)31)23(34)21(38-15(4)30)20-14(3)17(32)11-29(24,36)26(20,6)7/h9,17-19,21-22,24,32-33,36H,10-12H2,1-8H3/b13-9+/t17-,18-,19+,21+,22-,24-,27+,28-,29?/m0/s1. The van der Waals surface area contributed by atoms with Crippen LogP contribution in [-0.2, 0) is 38.1 Å². The van der Waals surface area contributed by atoms with Crippen molar-refractivity contribution in [1.29, 1.82) is 0 Å². The lowest BCUT2D eigenvalue weighted by atomic mass is 9.44. The van der Waals surface area contributed by atoms with E-state index in [1.807, 2.05) is 0 Å². The van der Waals surface area contributed by atoms with Crippen molar-refractivity contribution in [2.45, 2.75) is 110 Å². The van der Waals surface area contributed by atoms with Crippen molar-refractivity contribution in [1.82, 2.24) is 0 Å². The zero-order valence-electron chi connectivity index (χ0n) is 24.3. The number of allylic oxidation sites excluding steroid dienone is 1. The fourth-order valence-electron chi connectivity index (χ4n) is 7.47. The summed E-state index contributed by atoms with van der Waals surface area (Å²) in [6.07, 6.45) is -5.63. The van der Waals surface area contributed by atoms with Gasteiger partial charge < -0.3 is 34.3 Å². The van der Waals surface area contributed by atoms with Gasteiger partial charge >= 0.3 is 17.9 Å². The summed E-state index contributed by atoms with van der Waals surface area (Å²) in [5.74, 6) is -4.34. The minimum atomic E-state index is -2.08. The summed E-state index contributed by atoms with van der Waals surface area (Å²) < 4.78 is 23.3. The second kappa shape index (κ2) is 9.75. The lowest BCUT2D eigenvalue weighted by molar-refractivity contribution is -0.347. The molecule has 1 aliphatic heterocycles. The number of aliphatic hydroxyl groups excluding tert-OH is 2.